The van der Waals surface area contributed by atoms with E-state index in [9.17, 15) is 0 Å². The van der Waals surface area contributed by atoms with Crippen molar-refractivity contribution in [2.45, 2.75) is 6.54 Å². The molecule has 0 bridgehead atoms. The molecule has 0 atom stereocenters. The number of hydrogen-bond acceptors (Lipinski definition) is 3. The van der Waals surface area contributed by atoms with E-state index in [0.717, 1.165) is 22.2 Å². The summed E-state index contributed by atoms with van der Waals surface area (Å²) in [4.78, 5) is 0.419. The van der Waals surface area contributed by atoms with Crippen LogP contribution in [0.1, 0.15) is 11.3 Å². The van der Waals surface area contributed by atoms with Gasteiger partial charge in [-0.2, -0.15) is 0 Å². The molecular weight excluding hydrogens is 258 g/mol. The summed E-state index contributed by atoms with van der Waals surface area (Å²) in [5.74, 6) is 0. The van der Waals surface area contributed by atoms with Gasteiger partial charge in [0, 0.05) is 35.9 Å². The summed E-state index contributed by atoms with van der Waals surface area (Å²) >= 11 is 5.07. The predicted octanol–water partition coefficient (Wildman–Crippen LogP) is 1.45. The fourth-order valence-corrected chi connectivity index (χ4v) is 2.40. The number of rotatable bonds is 3. The van der Waals surface area contributed by atoms with Gasteiger partial charge in [0.15, 0.2) is 0 Å². The monoisotopic (exact) mass is 271 g/mol. The van der Waals surface area contributed by atoms with E-state index in [2.05, 4.69) is 14.9 Å². The van der Waals surface area contributed by atoms with E-state index in [1.165, 1.54) is 0 Å². The van der Waals surface area contributed by atoms with Crippen LogP contribution >= 0.6 is 12.2 Å². The van der Waals surface area contributed by atoms with Gasteiger partial charge in [-0.15, -0.1) is 5.10 Å². The van der Waals surface area contributed by atoms with Crippen LogP contribution in [0, 0.1) is 0 Å². The van der Waals surface area contributed by atoms with E-state index in [1.54, 1.807) is 4.68 Å². The number of fused-ring (bicyclic) bond motifs is 1. The molecule has 96 valence electrons. The largest absolute Gasteiger partial charge is 0.389 e. The lowest BCUT2D eigenvalue weighted by molar-refractivity contribution is 0.711. The molecule has 0 radical (unpaired) electrons. The van der Waals surface area contributed by atoms with Crippen molar-refractivity contribution in [3.63, 3.8) is 0 Å². The molecule has 0 aliphatic carbocycles. The molecule has 2 aromatic heterocycles. The van der Waals surface area contributed by atoms with Crippen LogP contribution in [0.5, 0.6) is 0 Å². The van der Waals surface area contributed by atoms with Gasteiger partial charge < -0.3 is 10.3 Å². The third-order valence-electron chi connectivity index (χ3n) is 3.06. The minimum Gasteiger partial charge on any atom is -0.389 e. The molecule has 2 N–H and O–H groups in total. The van der Waals surface area contributed by atoms with Crippen molar-refractivity contribution in [1.82, 2.24) is 19.6 Å². The molecule has 6 heteroatoms. The Labute approximate surface area is 115 Å². The van der Waals surface area contributed by atoms with Gasteiger partial charge in [-0.05, 0) is 12.1 Å². The highest BCUT2D eigenvalue weighted by atomic mass is 32.1. The summed E-state index contributed by atoms with van der Waals surface area (Å²) in [6.45, 7) is 0.679. The predicted molar refractivity (Wildman–Crippen MR) is 77.9 cm³/mol. The zero-order valence-corrected chi connectivity index (χ0v) is 11.3. The highest BCUT2D eigenvalue weighted by molar-refractivity contribution is 7.80. The number of aryl methyl sites for hydroxylation is 1. The molecule has 0 saturated heterocycles. The maximum Gasteiger partial charge on any atom is 0.104 e. The molecule has 0 aliphatic heterocycles. The van der Waals surface area contributed by atoms with E-state index in [4.69, 9.17) is 18.0 Å². The van der Waals surface area contributed by atoms with Crippen LogP contribution in [0.3, 0.4) is 0 Å². The Hall–Kier alpha value is -2.21. The summed E-state index contributed by atoms with van der Waals surface area (Å²) in [6.07, 6.45) is 3.92. The van der Waals surface area contributed by atoms with Gasteiger partial charge in [0.2, 0.25) is 0 Å². The lowest BCUT2D eigenvalue weighted by Gasteiger charge is -2.04. The Morgan fingerprint density at radius 2 is 2.21 bits per heavy atom. The minimum absolute atomic E-state index is 0.419. The molecule has 19 heavy (non-hydrogen) atoms. The first-order chi connectivity index (χ1) is 9.15. The lowest BCUT2D eigenvalue weighted by Crippen LogP contribution is -2.09. The Balaban J connectivity index is 2.06. The summed E-state index contributed by atoms with van der Waals surface area (Å²) in [7, 11) is 1.86. The van der Waals surface area contributed by atoms with Crippen molar-refractivity contribution in [2.75, 3.05) is 0 Å². The van der Waals surface area contributed by atoms with Crippen molar-refractivity contribution in [2.24, 2.45) is 12.8 Å². The number of nitrogens with zero attached hydrogens (tertiary/aromatic N) is 4. The van der Waals surface area contributed by atoms with Gasteiger partial charge in [0.1, 0.15) is 10.7 Å². The Morgan fingerprint density at radius 1 is 1.37 bits per heavy atom. The van der Waals surface area contributed by atoms with Crippen LogP contribution in [0.2, 0.25) is 0 Å². The lowest BCUT2D eigenvalue weighted by atomic mass is 10.1. The average molecular weight is 271 g/mol. The normalized spacial score (nSPS) is 11.0. The molecule has 5 nitrogen and oxygen atoms in total. The molecular formula is C13H13N5S. The number of hydrogen-bond donors (Lipinski definition) is 1. The van der Waals surface area contributed by atoms with E-state index in [-0.39, 0.29) is 0 Å². The quantitative estimate of drug-likeness (QED) is 0.732. The molecule has 0 saturated carbocycles. The second kappa shape index (κ2) is 4.47. The van der Waals surface area contributed by atoms with E-state index in [1.807, 2.05) is 43.7 Å². The van der Waals surface area contributed by atoms with Gasteiger partial charge in [0.25, 0.3) is 0 Å². The fraction of sp³-hybridized carbons (Fsp3) is 0.154. The second-order valence-corrected chi connectivity index (χ2v) is 4.87. The summed E-state index contributed by atoms with van der Waals surface area (Å²) in [5, 5.41) is 9.10. The SMILES string of the molecule is Cn1cc(Cn2ccc3c(C(N)=S)cccc32)nn1. The first-order valence-electron chi connectivity index (χ1n) is 5.88. The summed E-state index contributed by atoms with van der Waals surface area (Å²) in [6, 6.07) is 7.98. The molecule has 0 fully saturated rings. The first kappa shape index (κ1) is 11.9. The third-order valence-corrected chi connectivity index (χ3v) is 3.28. The van der Waals surface area contributed by atoms with E-state index < -0.39 is 0 Å². The van der Waals surface area contributed by atoms with Gasteiger partial charge in [0.05, 0.1) is 6.54 Å². The van der Waals surface area contributed by atoms with Gasteiger partial charge in [-0.1, -0.05) is 29.6 Å². The van der Waals surface area contributed by atoms with Gasteiger partial charge >= 0.3 is 0 Å². The number of benzene rings is 1. The Kier molecular flexibility index (Phi) is 2.79. The first-order valence-corrected chi connectivity index (χ1v) is 6.29. The molecule has 2 heterocycles. The maximum atomic E-state index is 5.74. The molecule has 0 aliphatic rings. The molecule has 0 unspecified atom stereocenters. The van der Waals surface area contributed by atoms with Crippen LogP contribution < -0.4 is 5.73 Å². The molecule has 1 aromatic carbocycles. The maximum absolute atomic E-state index is 5.74. The van der Waals surface area contributed by atoms with E-state index in [0.29, 0.717) is 11.5 Å². The average Bonchev–Trinajstić information content (AvgIpc) is 2.97. The fourth-order valence-electron chi connectivity index (χ4n) is 2.22. The summed E-state index contributed by atoms with van der Waals surface area (Å²) < 4.78 is 3.81. The topological polar surface area (TPSA) is 61.7 Å². The van der Waals surface area contributed by atoms with Crippen molar-refractivity contribution >= 4 is 28.1 Å². The second-order valence-electron chi connectivity index (χ2n) is 4.43. The smallest absolute Gasteiger partial charge is 0.104 e. The van der Waals surface area contributed by atoms with Gasteiger partial charge in [-0.3, -0.25) is 4.68 Å². The zero-order valence-electron chi connectivity index (χ0n) is 10.4. The van der Waals surface area contributed by atoms with Crippen molar-refractivity contribution in [1.29, 1.82) is 0 Å². The summed E-state index contributed by atoms with van der Waals surface area (Å²) in [5.41, 5.74) is 8.66. The zero-order chi connectivity index (χ0) is 13.4. The van der Waals surface area contributed by atoms with Crippen LogP contribution in [-0.2, 0) is 13.6 Å². The van der Waals surface area contributed by atoms with Crippen LogP contribution in [-0.4, -0.2) is 24.5 Å². The van der Waals surface area contributed by atoms with Crippen LogP contribution in [0.15, 0.2) is 36.7 Å². The molecule has 3 aromatic rings. The minimum atomic E-state index is 0.419. The third kappa shape index (κ3) is 2.10. The molecule has 3 rings (SSSR count). The standard InChI is InChI=1S/C13H13N5S/c1-17-7-9(15-16-17)8-18-6-5-10-11(13(14)19)3-2-4-12(10)18/h2-7H,8H2,1H3,(H2,14,19). The Bertz CT molecular complexity index is 755. The highest BCUT2D eigenvalue weighted by Gasteiger charge is 2.08. The number of nitrogens with two attached hydrogens (primary N) is 1. The number of aromatic nitrogens is 4. The van der Waals surface area contributed by atoms with Crippen molar-refractivity contribution < 1.29 is 0 Å². The number of thiocarbonyl (C=S) groups is 1. The molecule has 0 amide bonds. The van der Waals surface area contributed by atoms with Gasteiger partial charge in [-0.25, -0.2) is 0 Å². The van der Waals surface area contributed by atoms with Crippen molar-refractivity contribution in [3.05, 3.63) is 47.9 Å². The van der Waals surface area contributed by atoms with Crippen LogP contribution in [0.4, 0.5) is 0 Å². The van der Waals surface area contributed by atoms with E-state index >= 15 is 0 Å². The Morgan fingerprint density at radius 3 is 2.89 bits per heavy atom. The van der Waals surface area contributed by atoms with Crippen LogP contribution in [0.25, 0.3) is 10.9 Å². The molecule has 0 spiro atoms. The highest BCUT2D eigenvalue weighted by Crippen LogP contribution is 2.21. The van der Waals surface area contributed by atoms with Crippen molar-refractivity contribution in [3.8, 4) is 0 Å².